The van der Waals surface area contributed by atoms with Crippen molar-refractivity contribution >= 4 is 0 Å². The van der Waals surface area contributed by atoms with Crippen LogP contribution in [0.1, 0.15) is 25.2 Å². The lowest BCUT2D eigenvalue weighted by molar-refractivity contribution is -0.0476. The average molecular weight is 252 g/mol. The van der Waals surface area contributed by atoms with Crippen molar-refractivity contribution in [3.63, 3.8) is 0 Å². The molecule has 1 N–H and O–H groups in total. The summed E-state index contributed by atoms with van der Waals surface area (Å²) in [6.07, 6.45) is 5.19. The van der Waals surface area contributed by atoms with Crippen molar-refractivity contribution < 1.29 is 4.74 Å². The Kier molecular flexibility index (Phi) is 4.74. The van der Waals surface area contributed by atoms with Gasteiger partial charge in [-0.15, -0.1) is 0 Å². The monoisotopic (exact) mass is 252 g/mol. The molecule has 0 spiro atoms. The van der Waals surface area contributed by atoms with Crippen LogP contribution in [0.2, 0.25) is 0 Å². The minimum atomic E-state index is 0.157. The van der Waals surface area contributed by atoms with E-state index < -0.39 is 0 Å². The third-order valence-electron chi connectivity index (χ3n) is 3.54. The molecule has 0 aliphatic carbocycles. The van der Waals surface area contributed by atoms with Crippen LogP contribution in [-0.4, -0.2) is 53.8 Å². The summed E-state index contributed by atoms with van der Waals surface area (Å²) < 4.78 is 7.99. The lowest BCUT2D eigenvalue weighted by atomic mass is 10.1. The first kappa shape index (κ1) is 13.5. The molecule has 2 rings (SSSR count). The molecule has 5 nitrogen and oxygen atoms in total. The molecule has 2 unspecified atom stereocenters. The predicted molar refractivity (Wildman–Crippen MR) is 71.5 cm³/mol. The Hall–Kier alpha value is -0.910. The number of imidazole rings is 1. The summed E-state index contributed by atoms with van der Waals surface area (Å²) in [5.41, 5.74) is 0. The van der Waals surface area contributed by atoms with Gasteiger partial charge in [-0.2, -0.15) is 0 Å². The highest BCUT2D eigenvalue weighted by molar-refractivity contribution is 5.02. The highest BCUT2D eigenvalue weighted by Crippen LogP contribution is 2.20. The van der Waals surface area contributed by atoms with Crippen LogP contribution in [0.25, 0.3) is 0 Å². The molecule has 1 fully saturated rings. The van der Waals surface area contributed by atoms with Crippen molar-refractivity contribution in [1.82, 2.24) is 19.8 Å². The Morgan fingerprint density at radius 3 is 3.06 bits per heavy atom. The van der Waals surface area contributed by atoms with Gasteiger partial charge in [0, 0.05) is 32.5 Å². The van der Waals surface area contributed by atoms with E-state index in [1.807, 2.05) is 26.5 Å². The van der Waals surface area contributed by atoms with Gasteiger partial charge in [-0.3, -0.25) is 4.90 Å². The van der Waals surface area contributed by atoms with Crippen molar-refractivity contribution in [3.05, 3.63) is 18.2 Å². The minimum Gasteiger partial charge on any atom is -0.373 e. The summed E-state index contributed by atoms with van der Waals surface area (Å²) >= 11 is 0. The maximum Gasteiger partial charge on any atom is 0.128 e. The number of hydrogen-bond donors (Lipinski definition) is 1. The molecule has 0 amide bonds. The Balaban J connectivity index is 2.06. The first-order valence-electron chi connectivity index (χ1n) is 6.74. The van der Waals surface area contributed by atoms with Crippen molar-refractivity contribution in [2.24, 2.45) is 7.05 Å². The van der Waals surface area contributed by atoms with E-state index in [-0.39, 0.29) is 12.1 Å². The van der Waals surface area contributed by atoms with Gasteiger partial charge in [0.05, 0.1) is 18.8 Å². The van der Waals surface area contributed by atoms with Crippen molar-refractivity contribution in [2.75, 3.05) is 33.3 Å². The fourth-order valence-corrected chi connectivity index (χ4v) is 2.61. The van der Waals surface area contributed by atoms with E-state index in [0.29, 0.717) is 0 Å². The number of likely N-dealkylation sites (N-methyl/N-ethyl adjacent to an activating group) is 1. The van der Waals surface area contributed by atoms with E-state index in [1.165, 1.54) is 6.42 Å². The molecule has 2 heterocycles. The molecule has 1 aliphatic rings. The normalized spacial score (nSPS) is 23.2. The van der Waals surface area contributed by atoms with Gasteiger partial charge >= 0.3 is 0 Å². The Morgan fingerprint density at radius 1 is 1.61 bits per heavy atom. The van der Waals surface area contributed by atoms with E-state index in [2.05, 4.69) is 26.7 Å². The minimum absolute atomic E-state index is 0.157. The highest BCUT2D eigenvalue weighted by Gasteiger charge is 2.30. The van der Waals surface area contributed by atoms with Crippen LogP contribution in [0.5, 0.6) is 0 Å². The zero-order chi connectivity index (χ0) is 13.0. The van der Waals surface area contributed by atoms with Crippen LogP contribution in [0.15, 0.2) is 12.4 Å². The number of hydrogen-bond acceptors (Lipinski definition) is 4. The summed E-state index contributed by atoms with van der Waals surface area (Å²) in [6.45, 7) is 6.20. The fraction of sp³-hybridized carbons (Fsp3) is 0.769. The molecule has 0 saturated carbocycles. The van der Waals surface area contributed by atoms with Gasteiger partial charge < -0.3 is 14.6 Å². The Morgan fingerprint density at radius 2 is 2.44 bits per heavy atom. The van der Waals surface area contributed by atoms with Crippen molar-refractivity contribution in [3.8, 4) is 0 Å². The molecule has 1 aliphatic heterocycles. The fourth-order valence-electron chi connectivity index (χ4n) is 2.61. The smallest absolute Gasteiger partial charge is 0.128 e. The second-order valence-electron chi connectivity index (χ2n) is 4.87. The maximum absolute atomic E-state index is 5.93. The van der Waals surface area contributed by atoms with Gasteiger partial charge in [0.25, 0.3) is 0 Å². The van der Waals surface area contributed by atoms with Gasteiger partial charge in [-0.1, -0.05) is 6.92 Å². The summed E-state index contributed by atoms with van der Waals surface area (Å²) in [7, 11) is 4.00. The predicted octanol–water partition coefficient (Wildman–Crippen LogP) is 0.791. The Bertz CT molecular complexity index is 364. The summed E-state index contributed by atoms with van der Waals surface area (Å²) in [4.78, 5) is 6.91. The average Bonchev–Trinajstić information content (AvgIpc) is 2.78. The number of nitrogens with zero attached hydrogens (tertiary/aromatic N) is 3. The molecule has 5 heteroatoms. The van der Waals surface area contributed by atoms with E-state index in [0.717, 1.165) is 32.1 Å². The molecular formula is C13H24N4O. The van der Waals surface area contributed by atoms with Gasteiger partial charge in [0.15, 0.2) is 0 Å². The van der Waals surface area contributed by atoms with Crippen LogP contribution < -0.4 is 5.32 Å². The topological polar surface area (TPSA) is 42.3 Å². The third-order valence-corrected chi connectivity index (χ3v) is 3.54. The SMILES string of the molecule is CCCN1CCOC(C(NC)c2nccn2C)C1. The lowest BCUT2D eigenvalue weighted by Gasteiger charge is -2.36. The standard InChI is InChI=1S/C13H24N4O/c1-4-6-17-8-9-18-11(10-17)12(14-2)13-15-5-7-16(13)3/h5,7,11-12,14H,4,6,8-10H2,1-3H3. The van der Waals surface area contributed by atoms with Crippen molar-refractivity contribution in [1.29, 1.82) is 0 Å². The Labute approximate surface area is 109 Å². The second kappa shape index (κ2) is 6.31. The zero-order valence-electron chi connectivity index (χ0n) is 11.6. The van der Waals surface area contributed by atoms with Crippen molar-refractivity contribution in [2.45, 2.75) is 25.5 Å². The van der Waals surface area contributed by atoms with E-state index in [4.69, 9.17) is 4.74 Å². The first-order chi connectivity index (χ1) is 8.76. The first-order valence-corrected chi connectivity index (χ1v) is 6.74. The molecule has 102 valence electrons. The van der Waals surface area contributed by atoms with Crippen LogP contribution in [0, 0.1) is 0 Å². The van der Waals surface area contributed by atoms with Gasteiger partial charge in [-0.25, -0.2) is 4.98 Å². The molecule has 0 aromatic carbocycles. The number of morpholine rings is 1. The number of nitrogens with one attached hydrogen (secondary N) is 1. The molecule has 1 aromatic heterocycles. The summed E-state index contributed by atoms with van der Waals surface area (Å²) in [6, 6.07) is 0.157. The maximum atomic E-state index is 5.93. The third kappa shape index (κ3) is 2.91. The van der Waals surface area contributed by atoms with E-state index >= 15 is 0 Å². The molecular weight excluding hydrogens is 228 g/mol. The number of rotatable bonds is 5. The summed E-state index contributed by atoms with van der Waals surface area (Å²) in [5, 5.41) is 3.34. The molecule has 0 radical (unpaired) electrons. The van der Waals surface area contributed by atoms with Crippen LogP contribution in [0.4, 0.5) is 0 Å². The van der Waals surface area contributed by atoms with E-state index in [1.54, 1.807) is 0 Å². The van der Waals surface area contributed by atoms with Crippen LogP contribution in [-0.2, 0) is 11.8 Å². The number of aromatic nitrogens is 2. The largest absolute Gasteiger partial charge is 0.373 e. The number of ether oxygens (including phenoxy) is 1. The molecule has 0 bridgehead atoms. The highest BCUT2D eigenvalue weighted by atomic mass is 16.5. The van der Waals surface area contributed by atoms with Gasteiger partial charge in [0.1, 0.15) is 5.82 Å². The summed E-state index contributed by atoms with van der Waals surface area (Å²) in [5.74, 6) is 1.04. The van der Waals surface area contributed by atoms with Crippen LogP contribution >= 0.6 is 0 Å². The second-order valence-corrected chi connectivity index (χ2v) is 4.87. The lowest BCUT2D eigenvalue weighted by Crippen LogP contribution is -2.48. The number of aryl methyl sites for hydroxylation is 1. The molecule has 1 aromatic rings. The molecule has 1 saturated heterocycles. The van der Waals surface area contributed by atoms with E-state index in [9.17, 15) is 0 Å². The van der Waals surface area contributed by atoms with Crippen LogP contribution in [0.3, 0.4) is 0 Å². The molecule has 2 atom stereocenters. The zero-order valence-corrected chi connectivity index (χ0v) is 11.6. The van der Waals surface area contributed by atoms with Gasteiger partial charge in [-0.05, 0) is 20.0 Å². The quantitative estimate of drug-likeness (QED) is 0.841. The van der Waals surface area contributed by atoms with Gasteiger partial charge in [0.2, 0.25) is 0 Å². The molecule has 18 heavy (non-hydrogen) atoms.